The van der Waals surface area contributed by atoms with Crippen molar-refractivity contribution < 1.29 is 4.74 Å². The van der Waals surface area contributed by atoms with Crippen LogP contribution >= 0.6 is 15.9 Å². The monoisotopic (exact) mass is 253 g/mol. The summed E-state index contributed by atoms with van der Waals surface area (Å²) in [5, 5.41) is 8.63. The van der Waals surface area contributed by atoms with Gasteiger partial charge in [0.25, 0.3) is 0 Å². The van der Waals surface area contributed by atoms with Crippen LogP contribution < -0.4 is 4.74 Å². The smallest absolute Gasteiger partial charge is 0.181 e. The predicted octanol–water partition coefficient (Wildman–Crippen LogP) is 3.36. The van der Waals surface area contributed by atoms with Crippen LogP contribution in [0.3, 0.4) is 0 Å². The Kier molecular flexibility index (Phi) is 3.54. The summed E-state index contributed by atoms with van der Waals surface area (Å²) in [6.07, 6.45) is -0.408. The van der Waals surface area contributed by atoms with Crippen LogP contribution in [0.1, 0.15) is 18.1 Å². The van der Waals surface area contributed by atoms with E-state index in [2.05, 4.69) is 15.9 Å². The molecule has 0 fully saturated rings. The van der Waals surface area contributed by atoms with Crippen molar-refractivity contribution in [3.63, 3.8) is 0 Å². The number of ether oxygens (including phenoxy) is 1. The maximum absolute atomic E-state index is 8.63. The number of nitriles is 1. The topological polar surface area (TPSA) is 33.0 Å². The van der Waals surface area contributed by atoms with Gasteiger partial charge in [0, 0.05) is 4.47 Å². The highest BCUT2D eigenvalue weighted by atomic mass is 79.9. The van der Waals surface area contributed by atoms with Crippen molar-refractivity contribution in [2.24, 2.45) is 0 Å². The lowest BCUT2D eigenvalue weighted by Gasteiger charge is -2.12. The molecule has 0 aliphatic carbocycles. The van der Waals surface area contributed by atoms with Crippen LogP contribution in [0.4, 0.5) is 0 Å². The molecule has 0 aliphatic heterocycles. The third-order valence-electron chi connectivity index (χ3n) is 1.94. The zero-order chi connectivity index (χ0) is 10.7. The van der Waals surface area contributed by atoms with Gasteiger partial charge in [-0.2, -0.15) is 5.26 Å². The van der Waals surface area contributed by atoms with Crippen LogP contribution in [-0.4, -0.2) is 6.10 Å². The van der Waals surface area contributed by atoms with E-state index < -0.39 is 6.10 Å². The van der Waals surface area contributed by atoms with Crippen molar-refractivity contribution in [3.8, 4) is 11.8 Å². The van der Waals surface area contributed by atoms with Crippen LogP contribution in [0.5, 0.6) is 5.75 Å². The first kappa shape index (κ1) is 11.1. The largest absolute Gasteiger partial charge is 0.476 e. The summed E-state index contributed by atoms with van der Waals surface area (Å²) in [4.78, 5) is 0. The summed E-state index contributed by atoms with van der Waals surface area (Å²) in [5.74, 6) is 0.778. The van der Waals surface area contributed by atoms with Crippen molar-refractivity contribution >= 4 is 15.9 Å². The van der Waals surface area contributed by atoms with Gasteiger partial charge in [-0.05, 0) is 44.0 Å². The molecule has 0 amide bonds. The van der Waals surface area contributed by atoms with Crippen molar-refractivity contribution in [2.75, 3.05) is 0 Å². The molecule has 1 aromatic rings. The SMILES string of the molecule is Cc1cc(OC(C)C#N)c(C)cc1Br. The highest BCUT2D eigenvalue weighted by Gasteiger charge is 2.07. The minimum absolute atomic E-state index is 0.408. The Bertz CT molecular complexity index is 382. The molecule has 2 nitrogen and oxygen atoms in total. The zero-order valence-corrected chi connectivity index (χ0v) is 10.1. The van der Waals surface area contributed by atoms with E-state index in [-0.39, 0.29) is 0 Å². The summed E-state index contributed by atoms with van der Waals surface area (Å²) in [7, 11) is 0. The van der Waals surface area contributed by atoms with E-state index in [1.165, 1.54) is 0 Å². The third-order valence-corrected chi connectivity index (χ3v) is 2.80. The van der Waals surface area contributed by atoms with Gasteiger partial charge in [0.1, 0.15) is 11.8 Å². The number of nitrogens with zero attached hydrogens (tertiary/aromatic N) is 1. The molecule has 1 aromatic carbocycles. The second-order valence-electron chi connectivity index (χ2n) is 3.26. The van der Waals surface area contributed by atoms with Gasteiger partial charge in [-0.15, -0.1) is 0 Å². The Morgan fingerprint density at radius 2 is 2.00 bits per heavy atom. The summed E-state index contributed by atoms with van der Waals surface area (Å²) in [6, 6.07) is 5.97. The highest BCUT2D eigenvalue weighted by molar-refractivity contribution is 9.10. The van der Waals surface area contributed by atoms with E-state index in [1.54, 1.807) is 6.92 Å². The molecule has 0 aromatic heterocycles. The zero-order valence-electron chi connectivity index (χ0n) is 8.47. The number of hydrogen-bond acceptors (Lipinski definition) is 2. The van der Waals surface area contributed by atoms with Crippen LogP contribution in [-0.2, 0) is 0 Å². The summed E-state index contributed by atoms with van der Waals surface area (Å²) < 4.78 is 6.51. The van der Waals surface area contributed by atoms with Gasteiger partial charge in [0.15, 0.2) is 6.10 Å². The maximum atomic E-state index is 8.63. The quantitative estimate of drug-likeness (QED) is 0.810. The Morgan fingerprint density at radius 3 is 2.57 bits per heavy atom. The van der Waals surface area contributed by atoms with E-state index in [0.717, 1.165) is 21.3 Å². The molecular formula is C11H12BrNO. The first-order chi connectivity index (χ1) is 6.54. The van der Waals surface area contributed by atoms with Crippen LogP contribution in [0, 0.1) is 25.2 Å². The van der Waals surface area contributed by atoms with Gasteiger partial charge >= 0.3 is 0 Å². The normalized spacial score (nSPS) is 11.9. The molecule has 0 saturated carbocycles. The predicted molar refractivity (Wildman–Crippen MR) is 59.3 cm³/mol. The third kappa shape index (κ3) is 2.49. The summed E-state index contributed by atoms with van der Waals surface area (Å²) >= 11 is 3.44. The number of hydrogen-bond donors (Lipinski definition) is 0. The fourth-order valence-electron chi connectivity index (χ4n) is 1.10. The van der Waals surface area contributed by atoms with E-state index in [4.69, 9.17) is 10.00 Å². The number of rotatable bonds is 2. The number of aryl methyl sites for hydroxylation is 2. The Hall–Kier alpha value is -1.01. The second-order valence-corrected chi connectivity index (χ2v) is 4.11. The molecule has 0 saturated heterocycles. The minimum atomic E-state index is -0.408. The van der Waals surface area contributed by atoms with Crippen LogP contribution in [0.2, 0.25) is 0 Å². The second kappa shape index (κ2) is 4.47. The van der Waals surface area contributed by atoms with Gasteiger partial charge in [0.2, 0.25) is 0 Å². The molecule has 74 valence electrons. The molecule has 1 unspecified atom stereocenters. The van der Waals surface area contributed by atoms with Crippen LogP contribution in [0.15, 0.2) is 16.6 Å². The first-order valence-corrected chi connectivity index (χ1v) is 5.17. The van der Waals surface area contributed by atoms with Gasteiger partial charge in [0.05, 0.1) is 0 Å². The van der Waals surface area contributed by atoms with Gasteiger partial charge in [-0.1, -0.05) is 15.9 Å². The molecule has 0 spiro atoms. The lowest BCUT2D eigenvalue weighted by atomic mass is 10.1. The molecule has 14 heavy (non-hydrogen) atoms. The molecule has 1 atom stereocenters. The molecule has 0 radical (unpaired) electrons. The van der Waals surface area contributed by atoms with E-state index >= 15 is 0 Å². The highest BCUT2D eigenvalue weighted by Crippen LogP contribution is 2.26. The summed E-state index contributed by atoms with van der Waals surface area (Å²) in [5.41, 5.74) is 2.14. The fourth-order valence-corrected chi connectivity index (χ4v) is 1.56. The molecule has 0 aliphatic rings. The average molecular weight is 254 g/mol. The van der Waals surface area contributed by atoms with Crippen molar-refractivity contribution in [1.82, 2.24) is 0 Å². The Balaban J connectivity index is 2.99. The Morgan fingerprint density at radius 1 is 1.36 bits per heavy atom. The van der Waals surface area contributed by atoms with Crippen molar-refractivity contribution in [2.45, 2.75) is 26.9 Å². The lowest BCUT2D eigenvalue weighted by molar-refractivity contribution is 0.274. The maximum Gasteiger partial charge on any atom is 0.181 e. The fraction of sp³-hybridized carbons (Fsp3) is 0.364. The lowest BCUT2D eigenvalue weighted by Crippen LogP contribution is -2.09. The van der Waals surface area contributed by atoms with E-state index in [1.807, 2.05) is 32.0 Å². The van der Waals surface area contributed by atoms with Crippen molar-refractivity contribution in [1.29, 1.82) is 5.26 Å². The van der Waals surface area contributed by atoms with Gasteiger partial charge < -0.3 is 4.74 Å². The molecule has 0 bridgehead atoms. The van der Waals surface area contributed by atoms with Gasteiger partial charge in [-0.3, -0.25) is 0 Å². The molecule has 0 heterocycles. The summed E-state index contributed by atoms with van der Waals surface area (Å²) in [6.45, 7) is 5.69. The average Bonchev–Trinajstić information content (AvgIpc) is 2.14. The minimum Gasteiger partial charge on any atom is -0.476 e. The molecule has 1 rings (SSSR count). The number of halogens is 1. The van der Waals surface area contributed by atoms with Crippen molar-refractivity contribution in [3.05, 3.63) is 27.7 Å². The number of benzene rings is 1. The van der Waals surface area contributed by atoms with Gasteiger partial charge in [-0.25, -0.2) is 0 Å². The molecular weight excluding hydrogens is 242 g/mol. The first-order valence-electron chi connectivity index (χ1n) is 4.37. The van der Waals surface area contributed by atoms with Crippen LogP contribution in [0.25, 0.3) is 0 Å². The molecule has 0 N–H and O–H groups in total. The molecule has 3 heteroatoms. The van der Waals surface area contributed by atoms with E-state index in [9.17, 15) is 0 Å². The Labute approximate surface area is 92.6 Å². The van der Waals surface area contributed by atoms with E-state index in [0.29, 0.717) is 0 Å². The standard InChI is InChI=1S/C11H12BrNO/c1-7-5-11(14-9(3)6-13)8(2)4-10(7)12/h4-5,9H,1-3H3.